The van der Waals surface area contributed by atoms with E-state index in [-0.39, 0.29) is 47.5 Å². The lowest BCUT2D eigenvalue weighted by Gasteiger charge is -2.76. The summed E-state index contributed by atoms with van der Waals surface area (Å²) in [4.78, 5) is 18.5. The summed E-state index contributed by atoms with van der Waals surface area (Å²) < 4.78 is 6.67. The number of aromatic hydroxyl groups is 1. The summed E-state index contributed by atoms with van der Waals surface area (Å²) in [6, 6.07) is 13.3. The number of likely N-dealkylation sites (N-methyl/N-ethyl adjacent to an activating group) is 1. The fourth-order valence-electron chi connectivity index (χ4n) is 9.43. The predicted molar refractivity (Wildman–Crippen MR) is 146 cm³/mol. The van der Waals surface area contributed by atoms with Gasteiger partial charge >= 0.3 is 0 Å². The Bertz CT molecular complexity index is 1300. The number of likely N-dealkylation sites (tertiary alicyclic amines) is 1. The van der Waals surface area contributed by atoms with E-state index in [0.29, 0.717) is 18.2 Å². The third-order valence-corrected chi connectivity index (χ3v) is 11.0. The maximum absolute atomic E-state index is 13.3. The van der Waals surface area contributed by atoms with E-state index in [1.807, 2.05) is 30.3 Å². The second kappa shape index (κ2) is 8.10. The zero-order valence-electron chi connectivity index (χ0n) is 21.7. The van der Waals surface area contributed by atoms with E-state index in [0.717, 1.165) is 49.5 Å². The van der Waals surface area contributed by atoms with E-state index >= 15 is 0 Å². The Morgan fingerprint density at radius 1 is 1.13 bits per heavy atom. The molecule has 0 unspecified atom stereocenters. The number of piperidine rings is 3. The van der Waals surface area contributed by atoms with Crippen molar-refractivity contribution in [3.05, 3.63) is 53.6 Å². The van der Waals surface area contributed by atoms with Crippen LogP contribution in [0.3, 0.4) is 0 Å². The lowest BCUT2D eigenvalue weighted by molar-refractivity contribution is -0.286. The number of aliphatic hydroxyl groups is 1. The zero-order valence-corrected chi connectivity index (χ0v) is 22.5. The van der Waals surface area contributed by atoms with Crippen LogP contribution in [0.25, 0.3) is 0 Å². The number of anilines is 1. The molecule has 2 spiro atoms. The molecule has 0 aromatic heterocycles. The average Bonchev–Trinajstić information content (AvgIpc) is 3.63. The topological polar surface area (TPSA) is 85.3 Å². The van der Waals surface area contributed by atoms with Crippen LogP contribution in [0.4, 0.5) is 5.69 Å². The summed E-state index contributed by atoms with van der Waals surface area (Å²) in [7, 11) is 2.14. The molecule has 3 aliphatic carbocycles. The average molecular weight is 538 g/mol. The quantitative estimate of drug-likeness (QED) is 0.542. The molecule has 2 aromatic carbocycles. The Morgan fingerprint density at radius 2 is 1.92 bits per heavy atom. The first-order valence-electron chi connectivity index (χ1n) is 13.9. The van der Waals surface area contributed by atoms with Crippen molar-refractivity contribution in [2.24, 2.45) is 5.92 Å². The largest absolute Gasteiger partial charge is 0.504 e. The van der Waals surface area contributed by atoms with Gasteiger partial charge in [-0.15, -0.1) is 12.4 Å². The summed E-state index contributed by atoms with van der Waals surface area (Å²) in [5.74, 6) is 1.44. The summed E-state index contributed by atoms with van der Waals surface area (Å²) in [5.41, 5.74) is 1.34. The van der Waals surface area contributed by atoms with Crippen LogP contribution in [-0.4, -0.2) is 75.4 Å². The van der Waals surface area contributed by atoms with Crippen LogP contribution in [-0.2, 0) is 16.6 Å². The van der Waals surface area contributed by atoms with E-state index < -0.39 is 11.7 Å². The van der Waals surface area contributed by atoms with Crippen molar-refractivity contribution >= 4 is 24.0 Å². The molecule has 38 heavy (non-hydrogen) atoms. The molecule has 2 aromatic rings. The van der Waals surface area contributed by atoms with Crippen molar-refractivity contribution in [3.8, 4) is 11.5 Å². The molecule has 202 valence electrons. The Balaban J connectivity index is 0.00000242. The number of carbonyl (C=O) groups excluding carboxylic acids is 1. The number of phenolic OH excluding ortho intramolecular Hbond substituents is 1. The van der Waals surface area contributed by atoms with Gasteiger partial charge in [0.15, 0.2) is 11.5 Å². The molecular formula is C30H36ClN3O4. The fraction of sp³-hybridized carbons (Fsp3) is 0.567. The van der Waals surface area contributed by atoms with Gasteiger partial charge in [0.1, 0.15) is 11.7 Å². The minimum atomic E-state index is -1.19. The highest BCUT2D eigenvalue weighted by atomic mass is 35.5. The molecular weight excluding hydrogens is 502 g/mol. The maximum Gasteiger partial charge on any atom is 0.226 e. The SMILES string of the molecule is CN1[C@@H](CC(=O)Nc2ccccc2)[C@]2(O)CC[C@]13[C@H]1Cc4ccc(O)c5c4[C@]3(CCN1CC1CC1)[C@H]2O5.Cl. The number of nitrogens with one attached hydrogen (secondary N) is 1. The second-order valence-electron chi connectivity index (χ2n) is 12.5. The highest BCUT2D eigenvalue weighted by molar-refractivity contribution is 5.91. The third-order valence-electron chi connectivity index (χ3n) is 11.0. The number of ether oxygens (including phenoxy) is 1. The van der Waals surface area contributed by atoms with Gasteiger partial charge in [0.2, 0.25) is 5.91 Å². The molecule has 2 saturated carbocycles. The number of fused-ring (bicyclic) bond motifs is 2. The van der Waals surface area contributed by atoms with Crippen LogP contribution >= 0.6 is 12.4 Å². The smallest absolute Gasteiger partial charge is 0.226 e. The van der Waals surface area contributed by atoms with Crippen molar-refractivity contribution in [2.75, 3.05) is 25.5 Å². The monoisotopic (exact) mass is 537 g/mol. The Morgan fingerprint density at radius 3 is 2.68 bits per heavy atom. The Labute approximate surface area is 229 Å². The number of para-hydroxylation sites is 1. The fourth-order valence-corrected chi connectivity index (χ4v) is 9.43. The number of hydrogen-bond acceptors (Lipinski definition) is 6. The highest BCUT2D eigenvalue weighted by Crippen LogP contribution is 2.72. The van der Waals surface area contributed by atoms with Gasteiger partial charge in [-0.1, -0.05) is 24.3 Å². The van der Waals surface area contributed by atoms with Crippen molar-refractivity contribution in [1.82, 2.24) is 9.80 Å². The normalized spacial score (nSPS) is 38.2. The third kappa shape index (κ3) is 2.88. The van der Waals surface area contributed by atoms with Crippen LogP contribution in [0.5, 0.6) is 11.5 Å². The summed E-state index contributed by atoms with van der Waals surface area (Å²) in [6.07, 6.45) is 5.66. The lowest BCUT2D eigenvalue weighted by atomic mass is 9.41. The number of rotatable bonds is 5. The van der Waals surface area contributed by atoms with E-state index in [1.54, 1.807) is 6.07 Å². The van der Waals surface area contributed by atoms with Gasteiger partial charge in [-0.25, -0.2) is 0 Å². The lowest BCUT2D eigenvalue weighted by Crippen LogP contribution is -2.91. The van der Waals surface area contributed by atoms with Gasteiger partial charge in [-0.3, -0.25) is 14.6 Å². The van der Waals surface area contributed by atoms with Crippen LogP contribution in [0, 0.1) is 5.92 Å². The summed E-state index contributed by atoms with van der Waals surface area (Å²) in [5, 5.41) is 26.5. The molecule has 9 rings (SSSR count). The molecule has 1 amide bonds. The minimum Gasteiger partial charge on any atom is -0.504 e. The Kier molecular flexibility index (Phi) is 5.27. The summed E-state index contributed by atoms with van der Waals surface area (Å²) >= 11 is 0. The first-order valence-corrected chi connectivity index (χ1v) is 13.9. The van der Waals surface area contributed by atoms with E-state index in [2.05, 4.69) is 28.2 Å². The predicted octanol–water partition coefficient (Wildman–Crippen LogP) is 3.46. The van der Waals surface area contributed by atoms with Crippen molar-refractivity contribution in [2.45, 2.75) is 79.7 Å². The molecule has 7 aliphatic rings. The van der Waals surface area contributed by atoms with Crippen molar-refractivity contribution in [3.63, 3.8) is 0 Å². The number of amides is 1. The zero-order chi connectivity index (χ0) is 25.2. The van der Waals surface area contributed by atoms with Crippen molar-refractivity contribution in [1.29, 1.82) is 0 Å². The number of phenols is 1. The van der Waals surface area contributed by atoms with E-state index in [1.165, 1.54) is 18.4 Å². The maximum atomic E-state index is 13.3. The van der Waals surface area contributed by atoms with Gasteiger partial charge in [0.25, 0.3) is 0 Å². The molecule has 0 radical (unpaired) electrons. The van der Waals surface area contributed by atoms with E-state index in [4.69, 9.17) is 4.74 Å². The standard InChI is InChI=1S/C30H35N3O4.ClH/c1-32-22(16-24(35)31-20-5-3-2-4-6-20)29(36)11-12-30(32)23-15-19-9-10-21(34)26-25(19)28(30,27(29)37-26)13-14-33(23)17-18-7-8-18;/h2-6,9-10,18,22-23,27,34,36H,7-8,11-17H2,1H3,(H,31,35);1H/t22-,23+,27+,28+,29+,30+;/m0./s1. The molecule has 5 fully saturated rings. The first kappa shape index (κ1) is 24.7. The highest BCUT2D eigenvalue weighted by Gasteiger charge is 2.82. The van der Waals surface area contributed by atoms with Crippen molar-refractivity contribution < 1.29 is 19.7 Å². The number of carbonyl (C=O) groups is 1. The number of nitrogens with zero attached hydrogens (tertiary/aromatic N) is 2. The molecule has 4 aliphatic heterocycles. The number of halogens is 1. The Hall–Kier alpha value is -2.32. The van der Waals surface area contributed by atoms with Crippen LogP contribution in [0.15, 0.2) is 42.5 Å². The second-order valence-corrected chi connectivity index (χ2v) is 12.5. The van der Waals surface area contributed by atoms with E-state index in [9.17, 15) is 15.0 Å². The van der Waals surface area contributed by atoms with Gasteiger partial charge in [0, 0.05) is 30.3 Å². The molecule has 6 atom stereocenters. The molecule has 4 heterocycles. The molecule has 8 heteroatoms. The molecule has 7 nitrogen and oxygen atoms in total. The van der Waals surface area contributed by atoms with Gasteiger partial charge in [-0.2, -0.15) is 0 Å². The minimum absolute atomic E-state index is 0. The van der Waals surface area contributed by atoms with Gasteiger partial charge in [0.05, 0.1) is 17.0 Å². The van der Waals surface area contributed by atoms with Gasteiger partial charge < -0.3 is 20.3 Å². The van der Waals surface area contributed by atoms with Crippen LogP contribution < -0.4 is 10.1 Å². The van der Waals surface area contributed by atoms with Crippen LogP contribution in [0.2, 0.25) is 0 Å². The number of hydrogen-bond donors (Lipinski definition) is 3. The molecule has 3 N–H and O–H groups in total. The van der Waals surface area contributed by atoms with Gasteiger partial charge in [-0.05, 0) is 81.8 Å². The van der Waals surface area contributed by atoms with Crippen LogP contribution in [0.1, 0.15) is 49.7 Å². The number of benzene rings is 2. The molecule has 4 bridgehead atoms. The summed E-state index contributed by atoms with van der Waals surface area (Å²) in [6.45, 7) is 2.12. The molecule has 3 saturated heterocycles. The first-order chi connectivity index (χ1) is 17.9.